The molecule has 0 saturated carbocycles. The third kappa shape index (κ3) is 1.42. The van der Waals surface area contributed by atoms with Gasteiger partial charge in [-0.25, -0.2) is 0 Å². The minimum Gasteiger partial charge on any atom is -0.253 e. The fourth-order valence-corrected chi connectivity index (χ4v) is 1.07. The van der Waals surface area contributed by atoms with Crippen LogP contribution in [0.4, 0.5) is 0 Å². The molecule has 0 saturated heterocycles. The number of rotatable bonds is 0. The van der Waals surface area contributed by atoms with Gasteiger partial charge in [0.2, 0.25) is 0 Å². The van der Waals surface area contributed by atoms with E-state index in [1.54, 1.807) is 12.4 Å². The van der Waals surface area contributed by atoms with Crippen molar-refractivity contribution in [3.63, 3.8) is 0 Å². The van der Waals surface area contributed by atoms with Crippen LogP contribution in [0.3, 0.4) is 0 Å². The van der Waals surface area contributed by atoms with Gasteiger partial charge >= 0.3 is 0 Å². The van der Waals surface area contributed by atoms with Crippen LogP contribution in [0.2, 0.25) is 0 Å². The zero-order valence-corrected chi connectivity index (χ0v) is 6.28. The quantitative estimate of drug-likeness (QED) is 0.592. The molecule has 0 unspecified atom stereocenters. The molecule has 1 aromatic heterocycles. The van der Waals surface area contributed by atoms with Gasteiger partial charge in [0.05, 0.1) is 11.0 Å². The molecule has 0 spiro atoms. The molecule has 0 aliphatic heterocycles. The Morgan fingerprint density at radius 3 is 2.42 bits per heavy atom. The predicted octanol–water partition coefficient (Wildman–Crippen LogP) is 2.57. The Hall–Kier alpha value is -1.44. The van der Waals surface area contributed by atoms with Crippen LogP contribution in [0.15, 0.2) is 30.6 Å². The van der Waals surface area contributed by atoms with Crippen molar-refractivity contribution in [3.05, 3.63) is 36.2 Å². The molecular weight excluding hydrogens is 148 g/mol. The first kappa shape index (κ1) is 8.65. The lowest BCUT2D eigenvalue weighted by molar-refractivity contribution is 1.28. The monoisotopic (exact) mass is 160 g/mol. The molecule has 2 aromatic rings. The van der Waals surface area contributed by atoms with Crippen molar-refractivity contribution in [2.75, 3.05) is 0 Å². The Balaban J connectivity index is 0.000000720. The maximum atomic E-state index is 4.18. The summed E-state index contributed by atoms with van der Waals surface area (Å²) in [6, 6.07) is 6.05. The molecule has 2 heteroatoms. The van der Waals surface area contributed by atoms with Crippen LogP contribution in [-0.2, 0) is 0 Å². The molecule has 0 N–H and O–H groups in total. The molecule has 0 fully saturated rings. The molecule has 2 nitrogen and oxygen atoms in total. The Morgan fingerprint density at radius 2 is 1.67 bits per heavy atom. The van der Waals surface area contributed by atoms with E-state index in [4.69, 9.17) is 0 Å². The number of fused-ring (bicyclic) bond motifs is 1. The topological polar surface area (TPSA) is 25.8 Å². The summed E-state index contributed by atoms with van der Waals surface area (Å²) in [5, 5.41) is 0. The summed E-state index contributed by atoms with van der Waals surface area (Å²) in [4.78, 5) is 8.34. The average molecular weight is 160 g/mol. The summed E-state index contributed by atoms with van der Waals surface area (Å²) in [5.41, 5.74) is 3.14. The SMILES string of the molecule is C.Cc1ccc2nccnc2c1. The van der Waals surface area contributed by atoms with Crippen molar-refractivity contribution in [1.29, 1.82) is 0 Å². The van der Waals surface area contributed by atoms with E-state index in [1.807, 2.05) is 25.1 Å². The first-order valence-corrected chi connectivity index (χ1v) is 3.53. The molecule has 0 atom stereocenters. The van der Waals surface area contributed by atoms with Gasteiger partial charge in [0.1, 0.15) is 0 Å². The summed E-state index contributed by atoms with van der Waals surface area (Å²) in [5.74, 6) is 0. The average Bonchev–Trinajstić information content (AvgIpc) is 2.04. The number of aryl methyl sites for hydroxylation is 1. The van der Waals surface area contributed by atoms with E-state index in [2.05, 4.69) is 9.97 Å². The molecule has 1 aromatic carbocycles. The van der Waals surface area contributed by atoms with Gasteiger partial charge < -0.3 is 0 Å². The highest BCUT2D eigenvalue weighted by atomic mass is 14.8. The highest BCUT2D eigenvalue weighted by molar-refractivity contribution is 5.74. The van der Waals surface area contributed by atoms with Gasteiger partial charge in [-0.05, 0) is 24.6 Å². The lowest BCUT2D eigenvalue weighted by Crippen LogP contribution is -1.81. The maximum absolute atomic E-state index is 4.18. The molecular formula is C10H12N2. The van der Waals surface area contributed by atoms with Crippen molar-refractivity contribution >= 4 is 11.0 Å². The Kier molecular flexibility index (Phi) is 2.38. The molecule has 2 rings (SSSR count). The number of benzene rings is 1. The molecule has 1 heterocycles. The van der Waals surface area contributed by atoms with Crippen LogP contribution in [0, 0.1) is 6.92 Å². The van der Waals surface area contributed by atoms with Crippen LogP contribution in [0.1, 0.15) is 13.0 Å². The largest absolute Gasteiger partial charge is 0.253 e. The smallest absolute Gasteiger partial charge is 0.0889 e. The fraction of sp³-hybridized carbons (Fsp3) is 0.200. The first-order valence-electron chi connectivity index (χ1n) is 3.53. The lowest BCUT2D eigenvalue weighted by Gasteiger charge is -1.95. The molecule has 0 aliphatic carbocycles. The maximum Gasteiger partial charge on any atom is 0.0889 e. The van der Waals surface area contributed by atoms with Crippen molar-refractivity contribution < 1.29 is 0 Å². The molecule has 12 heavy (non-hydrogen) atoms. The van der Waals surface area contributed by atoms with Gasteiger partial charge in [-0.15, -0.1) is 0 Å². The van der Waals surface area contributed by atoms with E-state index in [-0.39, 0.29) is 7.43 Å². The number of hydrogen-bond donors (Lipinski definition) is 0. The highest BCUT2D eigenvalue weighted by Gasteiger charge is 1.92. The highest BCUT2D eigenvalue weighted by Crippen LogP contribution is 2.08. The van der Waals surface area contributed by atoms with E-state index in [0.29, 0.717) is 0 Å². The van der Waals surface area contributed by atoms with Crippen molar-refractivity contribution in [2.45, 2.75) is 14.4 Å². The first-order chi connectivity index (χ1) is 5.36. The Bertz CT molecular complexity index is 382. The minimum absolute atomic E-state index is 0. The number of nitrogens with zero attached hydrogens (tertiary/aromatic N) is 2. The van der Waals surface area contributed by atoms with Crippen LogP contribution >= 0.6 is 0 Å². The summed E-state index contributed by atoms with van der Waals surface area (Å²) in [6.45, 7) is 2.05. The summed E-state index contributed by atoms with van der Waals surface area (Å²) in [6.07, 6.45) is 3.42. The van der Waals surface area contributed by atoms with Crippen molar-refractivity contribution in [1.82, 2.24) is 9.97 Å². The summed E-state index contributed by atoms with van der Waals surface area (Å²) in [7, 11) is 0. The standard InChI is InChI=1S/C9H8N2.CH4/c1-7-2-3-8-9(6-7)11-5-4-10-8;/h2-6H,1H3;1H4. The van der Waals surface area contributed by atoms with Crippen LogP contribution in [0.25, 0.3) is 11.0 Å². The fourth-order valence-electron chi connectivity index (χ4n) is 1.07. The van der Waals surface area contributed by atoms with Crippen molar-refractivity contribution in [3.8, 4) is 0 Å². The lowest BCUT2D eigenvalue weighted by atomic mass is 10.2. The Labute approximate surface area is 72.3 Å². The van der Waals surface area contributed by atoms with Gasteiger partial charge in [0.15, 0.2) is 0 Å². The minimum atomic E-state index is 0. The van der Waals surface area contributed by atoms with Crippen LogP contribution in [0.5, 0.6) is 0 Å². The second-order valence-electron chi connectivity index (χ2n) is 2.55. The zero-order chi connectivity index (χ0) is 7.68. The van der Waals surface area contributed by atoms with E-state index in [1.165, 1.54) is 5.56 Å². The summed E-state index contributed by atoms with van der Waals surface area (Å²) >= 11 is 0. The molecule has 0 bridgehead atoms. The van der Waals surface area contributed by atoms with E-state index in [9.17, 15) is 0 Å². The zero-order valence-electron chi connectivity index (χ0n) is 6.28. The van der Waals surface area contributed by atoms with E-state index < -0.39 is 0 Å². The molecule has 0 aliphatic rings. The third-order valence-electron chi connectivity index (χ3n) is 1.62. The third-order valence-corrected chi connectivity index (χ3v) is 1.62. The number of aromatic nitrogens is 2. The van der Waals surface area contributed by atoms with Gasteiger partial charge in [0.25, 0.3) is 0 Å². The normalized spacial score (nSPS) is 9.42. The second-order valence-corrected chi connectivity index (χ2v) is 2.55. The molecule has 62 valence electrons. The summed E-state index contributed by atoms with van der Waals surface area (Å²) < 4.78 is 0. The van der Waals surface area contributed by atoms with Crippen LogP contribution < -0.4 is 0 Å². The molecule has 0 radical (unpaired) electrons. The van der Waals surface area contributed by atoms with E-state index >= 15 is 0 Å². The predicted molar refractivity (Wildman–Crippen MR) is 51.0 cm³/mol. The van der Waals surface area contributed by atoms with Crippen molar-refractivity contribution in [2.24, 2.45) is 0 Å². The van der Waals surface area contributed by atoms with Gasteiger partial charge in [-0.2, -0.15) is 0 Å². The van der Waals surface area contributed by atoms with E-state index in [0.717, 1.165) is 11.0 Å². The Morgan fingerprint density at radius 1 is 1.00 bits per heavy atom. The van der Waals surface area contributed by atoms with Gasteiger partial charge in [0, 0.05) is 12.4 Å². The second kappa shape index (κ2) is 3.30. The van der Waals surface area contributed by atoms with Crippen LogP contribution in [-0.4, -0.2) is 9.97 Å². The molecule has 0 amide bonds. The van der Waals surface area contributed by atoms with Gasteiger partial charge in [-0.1, -0.05) is 13.5 Å². The van der Waals surface area contributed by atoms with Gasteiger partial charge in [-0.3, -0.25) is 9.97 Å². The number of hydrogen-bond acceptors (Lipinski definition) is 2.